The Morgan fingerprint density at radius 1 is 1.31 bits per heavy atom. The minimum absolute atomic E-state index is 0.149. The molecule has 2 rings (SSSR count). The van der Waals surface area contributed by atoms with E-state index in [1.807, 2.05) is 18.2 Å². The fraction of sp³-hybridized carbons (Fsp3) is 0.500. The molecule has 1 fully saturated rings. The van der Waals surface area contributed by atoms with Crippen LogP contribution in [-0.2, 0) is 0 Å². The van der Waals surface area contributed by atoms with Crippen molar-refractivity contribution in [2.45, 2.75) is 44.7 Å². The van der Waals surface area contributed by atoms with Crippen LogP contribution in [0, 0.1) is 18.3 Å². The molecule has 0 amide bonds. The van der Waals surface area contributed by atoms with Crippen molar-refractivity contribution in [3.05, 3.63) is 35.4 Å². The Labute approximate surface area is 97.3 Å². The van der Waals surface area contributed by atoms with Gasteiger partial charge in [0.25, 0.3) is 0 Å². The Hall–Kier alpha value is -1.33. The molecule has 0 heterocycles. The number of rotatable bonds is 3. The lowest BCUT2D eigenvalue weighted by Crippen LogP contribution is -2.30. The summed E-state index contributed by atoms with van der Waals surface area (Å²) in [5.74, 6) is 0. The summed E-state index contributed by atoms with van der Waals surface area (Å²) >= 11 is 0. The molecular formula is C14H18N2. The van der Waals surface area contributed by atoms with Gasteiger partial charge in [0.05, 0.1) is 6.07 Å². The molecule has 1 aliphatic carbocycles. The SMILES string of the molecule is Cc1ccccc1C(C#N)NC1CCCC1. The first-order chi connectivity index (χ1) is 7.81. The Kier molecular flexibility index (Phi) is 3.58. The molecule has 0 bridgehead atoms. The van der Waals surface area contributed by atoms with Gasteiger partial charge in [-0.2, -0.15) is 5.26 Å². The van der Waals surface area contributed by atoms with Crippen molar-refractivity contribution in [2.24, 2.45) is 0 Å². The van der Waals surface area contributed by atoms with Crippen molar-refractivity contribution in [2.75, 3.05) is 0 Å². The van der Waals surface area contributed by atoms with E-state index in [0.717, 1.165) is 5.56 Å². The Morgan fingerprint density at radius 2 is 2.00 bits per heavy atom. The number of benzene rings is 1. The van der Waals surface area contributed by atoms with E-state index in [0.29, 0.717) is 6.04 Å². The van der Waals surface area contributed by atoms with Gasteiger partial charge in [-0.05, 0) is 30.9 Å². The summed E-state index contributed by atoms with van der Waals surface area (Å²) in [5, 5.41) is 12.7. The van der Waals surface area contributed by atoms with E-state index in [1.165, 1.54) is 31.2 Å². The van der Waals surface area contributed by atoms with E-state index in [-0.39, 0.29) is 6.04 Å². The van der Waals surface area contributed by atoms with Gasteiger partial charge in [-0.3, -0.25) is 5.32 Å². The molecule has 84 valence electrons. The first-order valence-corrected chi connectivity index (χ1v) is 6.02. The molecule has 1 aliphatic rings. The van der Waals surface area contributed by atoms with Crippen molar-refractivity contribution in [1.82, 2.24) is 5.32 Å². The zero-order chi connectivity index (χ0) is 11.4. The Balaban J connectivity index is 2.10. The number of aryl methyl sites for hydroxylation is 1. The lowest BCUT2D eigenvalue weighted by Gasteiger charge is -2.18. The van der Waals surface area contributed by atoms with Crippen LogP contribution in [0.15, 0.2) is 24.3 Å². The third-order valence-electron chi connectivity index (χ3n) is 3.39. The average molecular weight is 214 g/mol. The van der Waals surface area contributed by atoms with Crippen LogP contribution >= 0.6 is 0 Å². The lowest BCUT2D eigenvalue weighted by molar-refractivity contribution is 0.491. The summed E-state index contributed by atoms with van der Waals surface area (Å²) in [4.78, 5) is 0. The summed E-state index contributed by atoms with van der Waals surface area (Å²) < 4.78 is 0. The zero-order valence-corrected chi connectivity index (χ0v) is 9.74. The third-order valence-corrected chi connectivity index (χ3v) is 3.39. The molecule has 2 heteroatoms. The maximum absolute atomic E-state index is 9.25. The molecule has 0 spiro atoms. The smallest absolute Gasteiger partial charge is 0.121 e. The highest BCUT2D eigenvalue weighted by Gasteiger charge is 2.20. The van der Waals surface area contributed by atoms with Gasteiger partial charge in [0.1, 0.15) is 6.04 Å². The van der Waals surface area contributed by atoms with E-state index in [1.54, 1.807) is 0 Å². The van der Waals surface area contributed by atoms with Gasteiger partial charge in [-0.25, -0.2) is 0 Å². The highest BCUT2D eigenvalue weighted by Crippen LogP contribution is 2.23. The van der Waals surface area contributed by atoms with Crippen LogP contribution in [0.5, 0.6) is 0 Å². The fourth-order valence-corrected chi connectivity index (χ4v) is 2.44. The monoisotopic (exact) mass is 214 g/mol. The van der Waals surface area contributed by atoms with Crippen LogP contribution < -0.4 is 5.32 Å². The van der Waals surface area contributed by atoms with E-state index >= 15 is 0 Å². The second-order valence-electron chi connectivity index (χ2n) is 4.57. The van der Waals surface area contributed by atoms with E-state index in [4.69, 9.17) is 0 Å². The number of nitriles is 1. The highest BCUT2D eigenvalue weighted by atomic mass is 15.0. The van der Waals surface area contributed by atoms with E-state index in [2.05, 4.69) is 24.4 Å². The molecule has 1 aromatic rings. The Morgan fingerprint density at radius 3 is 2.62 bits per heavy atom. The lowest BCUT2D eigenvalue weighted by atomic mass is 10.0. The second kappa shape index (κ2) is 5.14. The highest BCUT2D eigenvalue weighted by molar-refractivity contribution is 5.32. The molecule has 1 atom stereocenters. The quantitative estimate of drug-likeness (QED) is 0.839. The van der Waals surface area contributed by atoms with E-state index in [9.17, 15) is 5.26 Å². The van der Waals surface area contributed by atoms with Crippen molar-refractivity contribution in [3.63, 3.8) is 0 Å². The van der Waals surface area contributed by atoms with Crippen molar-refractivity contribution in [3.8, 4) is 6.07 Å². The summed E-state index contributed by atoms with van der Waals surface area (Å²) in [5.41, 5.74) is 2.32. The molecule has 1 aromatic carbocycles. The van der Waals surface area contributed by atoms with Gasteiger partial charge in [0.15, 0.2) is 0 Å². The van der Waals surface area contributed by atoms with E-state index < -0.39 is 0 Å². The molecule has 2 nitrogen and oxygen atoms in total. The van der Waals surface area contributed by atoms with Crippen LogP contribution in [0.1, 0.15) is 42.9 Å². The second-order valence-corrected chi connectivity index (χ2v) is 4.57. The molecule has 1 N–H and O–H groups in total. The van der Waals surface area contributed by atoms with Gasteiger partial charge >= 0.3 is 0 Å². The molecule has 0 aliphatic heterocycles. The van der Waals surface area contributed by atoms with Crippen molar-refractivity contribution >= 4 is 0 Å². The van der Waals surface area contributed by atoms with Gasteiger partial charge in [-0.1, -0.05) is 37.1 Å². The van der Waals surface area contributed by atoms with Gasteiger partial charge < -0.3 is 0 Å². The standard InChI is InChI=1S/C14H18N2/c1-11-6-2-5-9-13(11)14(10-15)16-12-7-3-4-8-12/h2,5-6,9,12,14,16H,3-4,7-8H2,1H3. The number of hydrogen-bond donors (Lipinski definition) is 1. The summed E-state index contributed by atoms with van der Waals surface area (Å²) in [6.07, 6.45) is 5.02. The van der Waals surface area contributed by atoms with Crippen LogP contribution in [0.25, 0.3) is 0 Å². The summed E-state index contributed by atoms with van der Waals surface area (Å²) in [7, 11) is 0. The minimum atomic E-state index is -0.149. The number of nitrogens with one attached hydrogen (secondary N) is 1. The third kappa shape index (κ3) is 2.43. The maximum Gasteiger partial charge on any atom is 0.121 e. The van der Waals surface area contributed by atoms with Gasteiger partial charge in [-0.15, -0.1) is 0 Å². The molecular weight excluding hydrogens is 196 g/mol. The van der Waals surface area contributed by atoms with Gasteiger partial charge in [0.2, 0.25) is 0 Å². The summed E-state index contributed by atoms with van der Waals surface area (Å²) in [6.45, 7) is 2.07. The van der Waals surface area contributed by atoms with Crippen molar-refractivity contribution in [1.29, 1.82) is 5.26 Å². The van der Waals surface area contributed by atoms with Gasteiger partial charge in [0, 0.05) is 6.04 Å². The molecule has 0 saturated heterocycles. The predicted molar refractivity (Wildman–Crippen MR) is 64.9 cm³/mol. The molecule has 1 unspecified atom stereocenters. The first-order valence-electron chi connectivity index (χ1n) is 6.02. The maximum atomic E-state index is 9.25. The van der Waals surface area contributed by atoms with Crippen LogP contribution in [0.4, 0.5) is 0 Å². The van der Waals surface area contributed by atoms with Crippen LogP contribution in [0.2, 0.25) is 0 Å². The van der Waals surface area contributed by atoms with Crippen LogP contribution in [0.3, 0.4) is 0 Å². The molecule has 1 saturated carbocycles. The largest absolute Gasteiger partial charge is 0.295 e. The first kappa shape index (κ1) is 11.2. The molecule has 0 aromatic heterocycles. The minimum Gasteiger partial charge on any atom is -0.295 e. The normalized spacial score (nSPS) is 18.2. The summed E-state index contributed by atoms with van der Waals surface area (Å²) in [6, 6.07) is 10.9. The zero-order valence-electron chi connectivity index (χ0n) is 9.74. The molecule has 16 heavy (non-hydrogen) atoms. The Bertz CT molecular complexity index is 386. The molecule has 0 radical (unpaired) electrons. The topological polar surface area (TPSA) is 35.8 Å². The predicted octanol–water partition coefficient (Wildman–Crippen LogP) is 3.09. The average Bonchev–Trinajstić information content (AvgIpc) is 2.80. The van der Waals surface area contributed by atoms with Crippen LogP contribution in [-0.4, -0.2) is 6.04 Å². The fourth-order valence-electron chi connectivity index (χ4n) is 2.44. The number of hydrogen-bond acceptors (Lipinski definition) is 2. The number of nitrogens with zero attached hydrogens (tertiary/aromatic N) is 1. The van der Waals surface area contributed by atoms with Crippen molar-refractivity contribution < 1.29 is 0 Å².